The van der Waals surface area contributed by atoms with E-state index in [0.717, 1.165) is 6.07 Å². The number of carboxylic acid groups (broad SMARTS) is 1. The molecule has 2 atom stereocenters. The number of nitriles is 1. The van der Waals surface area contributed by atoms with Gasteiger partial charge in [0.2, 0.25) is 0 Å². The van der Waals surface area contributed by atoms with E-state index >= 15 is 0 Å². The van der Waals surface area contributed by atoms with Gasteiger partial charge in [0.05, 0.1) is 17.2 Å². The Hall–Kier alpha value is -2.89. The lowest BCUT2D eigenvalue weighted by Gasteiger charge is -2.37. The number of hydrogen-bond acceptors (Lipinski definition) is 5. The molecule has 1 N–H and O–H groups in total. The minimum atomic E-state index is -4.59. The molecule has 1 saturated heterocycles. The maximum atomic E-state index is 12.9. The summed E-state index contributed by atoms with van der Waals surface area (Å²) in [6.07, 6.45) is -2.99. The molecule has 9 heteroatoms. The van der Waals surface area contributed by atoms with E-state index in [1.54, 1.807) is 6.92 Å². The van der Waals surface area contributed by atoms with Crippen molar-refractivity contribution >= 4 is 22.7 Å². The van der Waals surface area contributed by atoms with Gasteiger partial charge in [0.1, 0.15) is 11.8 Å². The molecule has 0 saturated carbocycles. The second-order valence-corrected chi connectivity index (χ2v) is 6.35. The van der Waals surface area contributed by atoms with Gasteiger partial charge in [-0.25, -0.2) is 9.97 Å². The molecule has 3 rings (SSSR count). The summed E-state index contributed by atoms with van der Waals surface area (Å²) in [4.78, 5) is 20.6. The molecule has 0 amide bonds. The first kappa shape index (κ1) is 17.9. The number of carboxylic acids is 1. The van der Waals surface area contributed by atoms with Gasteiger partial charge < -0.3 is 10.0 Å². The van der Waals surface area contributed by atoms with Gasteiger partial charge >= 0.3 is 12.1 Å². The van der Waals surface area contributed by atoms with Crippen molar-refractivity contribution in [2.45, 2.75) is 19.5 Å². The van der Waals surface area contributed by atoms with Crippen molar-refractivity contribution in [3.63, 3.8) is 0 Å². The van der Waals surface area contributed by atoms with Crippen molar-refractivity contribution in [2.75, 3.05) is 18.0 Å². The first-order valence-corrected chi connectivity index (χ1v) is 7.97. The van der Waals surface area contributed by atoms with Crippen LogP contribution in [0.15, 0.2) is 18.3 Å². The molecule has 3 heterocycles. The van der Waals surface area contributed by atoms with Crippen LogP contribution in [0.1, 0.15) is 24.6 Å². The SMILES string of the molecule is C[C@@H]1CN(c2c(C#N)cnc3nc(C(F)(F)F)ccc23)CC[C@@H]1C(=O)O. The zero-order valence-corrected chi connectivity index (χ0v) is 13.8. The standard InChI is InChI=1S/C17H15F3N4O2/c1-9-8-24(5-4-11(9)16(25)26)14-10(6-21)7-22-15-12(14)2-3-13(23-15)17(18,19)20/h2-3,7,9,11H,4-5,8H2,1H3,(H,25,26)/t9-,11+/m1/s1. The van der Waals surface area contributed by atoms with Crippen LogP contribution in [0, 0.1) is 23.2 Å². The molecular formula is C17H15F3N4O2. The van der Waals surface area contributed by atoms with E-state index in [1.807, 2.05) is 11.0 Å². The molecule has 0 spiro atoms. The fourth-order valence-corrected chi connectivity index (χ4v) is 3.36. The number of alkyl halides is 3. The average Bonchev–Trinajstić information content (AvgIpc) is 2.58. The Kier molecular flexibility index (Phi) is 4.44. The number of halogens is 3. The van der Waals surface area contributed by atoms with E-state index in [1.165, 1.54) is 12.3 Å². The van der Waals surface area contributed by atoms with Gasteiger partial charge in [0.25, 0.3) is 0 Å². The highest BCUT2D eigenvalue weighted by Gasteiger charge is 2.35. The third kappa shape index (κ3) is 3.14. The molecule has 1 aliphatic rings. The lowest BCUT2D eigenvalue weighted by Crippen LogP contribution is -2.42. The van der Waals surface area contributed by atoms with Crippen LogP contribution in [0.25, 0.3) is 11.0 Å². The summed E-state index contributed by atoms with van der Waals surface area (Å²) in [6, 6.07) is 4.14. The predicted molar refractivity (Wildman–Crippen MR) is 86.4 cm³/mol. The van der Waals surface area contributed by atoms with E-state index in [2.05, 4.69) is 9.97 Å². The molecule has 0 aromatic carbocycles. The lowest BCUT2D eigenvalue weighted by molar-refractivity contribution is -0.144. The van der Waals surface area contributed by atoms with Crippen molar-refractivity contribution in [1.82, 2.24) is 9.97 Å². The van der Waals surface area contributed by atoms with Crippen LogP contribution in [0.2, 0.25) is 0 Å². The fraction of sp³-hybridized carbons (Fsp3) is 0.412. The van der Waals surface area contributed by atoms with E-state index in [-0.39, 0.29) is 17.1 Å². The smallest absolute Gasteiger partial charge is 0.433 e. The maximum absolute atomic E-state index is 12.9. The molecule has 2 aromatic heterocycles. The Bertz CT molecular complexity index is 907. The van der Waals surface area contributed by atoms with Crippen molar-refractivity contribution in [3.05, 3.63) is 29.6 Å². The first-order valence-electron chi connectivity index (χ1n) is 7.97. The number of rotatable bonds is 2. The zero-order chi connectivity index (χ0) is 19.1. The molecule has 1 fully saturated rings. The molecule has 0 aliphatic carbocycles. The van der Waals surface area contributed by atoms with E-state index in [4.69, 9.17) is 0 Å². The first-order chi connectivity index (χ1) is 12.2. The van der Waals surface area contributed by atoms with Crippen LogP contribution < -0.4 is 4.90 Å². The van der Waals surface area contributed by atoms with Crippen molar-refractivity contribution < 1.29 is 23.1 Å². The summed E-state index contributed by atoms with van der Waals surface area (Å²) in [5.74, 6) is -1.52. The molecular weight excluding hydrogens is 349 g/mol. The summed E-state index contributed by atoms with van der Waals surface area (Å²) < 4.78 is 38.6. The Morgan fingerprint density at radius 1 is 1.42 bits per heavy atom. The van der Waals surface area contributed by atoms with Gasteiger partial charge in [0, 0.05) is 24.7 Å². The molecule has 0 radical (unpaired) electrons. The summed E-state index contributed by atoms with van der Waals surface area (Å²) in [7, 11) is 0. The van der Waals surface area contributed by atoms with Crippen LogP contribution in [-0.2, 0) is 11.0 Å². The van der Waals surface area contributed by atoms with E-state index < -0.39 is 23.8 Å². The van der Waals surface area contributed by atoms with Gasteiger partial charge in [-0.15, -0.1) is 0 Å². The lowest BCUT2D eigenvalue weighted by atomic mass is 9.86. The van der Waals surface area contributed by atoms with Gasteiger partial charge in [-0.3, -0.25) is 4.79 Å². The van der Waals surface area contributed by atoms with Crippen LogP contribution in [-0.4, -0.2) is 34.1 Å². The number of carbonyl (C=O) groups is 1. The highest BCUT2D eigenvalue weighted by molar-refractivity contribution is 5.92. The number of piperidine rings is 1. The second-order valence-electron chi connectivity index (χ2n) is 6.35. The number of nitrogens with zero attached hydrogens (tertiary/aromatic N) is 4. The summed E-state index contributed by atoms with van der Waals surface area (Å²) >= 11 is 0. The molecule has 0 unspecified atom stereocenters. The quantitative estimate of drug-likeness (QED) is 0.881. The number of fused-ring (bicyclic) bond motifs is 1. The Morgan fingerprint density at radius 3 is 2.73 bits per heavy atom. The van der Waals surface area contributed by atoms with E-state index in [0.29, 0.717) is 30.6 Å². The van der Waals surface area contributed by atoms with Gasteiger partial charge in [-0.05, 0) is 24.5 Å². The maximum Gasteiger partial charge on any atom is 0.433 e. The highest BCUT2D eigenvalue weighted by atomic mass is 19.4. The number of pyridine rings is 2. The van der Waals surface area contributed by atoms with Crippen LogP contribution >= 0.6 is 0 Å². The molecule has 0 bridgehead atoms. The summed E-state index contributed by atoms with van der Waals surface area (Å²) in [5, 5.41) is 19.0. The molecule has 136 valence electrons. The summed E-state index contributed by atoms with van der Waals surface area (Å²) in [6.45, 7) is 2.57. The topological polar surface area (TPSA) is 90.1 Å². The van der Waals surface area contributed by atoms with Crippen LogP contribution in [0.3, 0.4) is 0 Å². The van der Waals surface area contributed by atoms with Gasteiger partial charge in [-0.1, -0.05) is 6.92 Å². The van der Waals surface area contributed by atoms with Gasteiger partial charge in [-0.2, -0.15) is 18.4 Å². The fourth-order valence-electron chi connectivity index (χ4n) is 3.36. The monoisotopic (exact) mass is 364 g/mol. The second kappa shape index (κ2) is 6.44. The van der Waals surface area contributed by atoms with Crippen LogP contribution in [0.4, 0.5) is 18.9 Å². The molecule has 6 nitrogen and oxygen atoms in total. The number of anilines is 1. The Labute approximate surface area is 146 Å². The largest absolute Gasteiger partial charge is 0.481 e. The molecule has 26 heavy (non-hydrogen) atoms. The highest BCUT2D eigenvalue weighted by Crippen LogP contribution is 2.35. The third-order valence-electron chi connectivity index (χ3n) is 4.65. The van der Waals surface area contributed by atoms with Crippen molar-refractivity contribution in [3.8, 4) is 6.07 Å². The minimum Gasteiger partial charge on any atom is -0.481 e. The molecule has 1 aliphatic heterocycles. The van der Waals surface area contributed by atoms with Crippen molar-refractivity contribution in [2.24, 2.45) is 11.8 Å². The Morgan fingerprint density at radius 2 is 2.15 bits per heavy atom. The molecule has 2 aromatic rings. The minimum absolute atomic E-state index is 0.0955. The van der Waals surface area contributed by atoms with Crippen LogP contribution in [0.5, 0.6) is 0 Å². The number of aliphatic carboxylic acids is 1. The Balaban J connectivity index is 2.07. The normalized spacial score (nSPS) is 20.8. The number of aromatic nitrogens is 2. The summed E-state index contributed by atoms with van der Waals surface area (Å²) in [5.41, 5.74) is -0.470. The predicted octanol–water partition coefficient (Wildman–Crippen LogP) is 3.07. The zero-order valence-electron chi connectivity index (χ0n) is 13.8. The number of hydrogen-bond donors (Lipinski definition) is 1. The third-order valence-corrected chi connectivity index (χ3v) is 4.65. The van der Waals surface area contributed by atoms with Gasteiger partial charge in [0.15, 0.2) is 5.65 Å². The van der Waals surface area contributed by atoms with Crippen molar-refractivity contribution in [1.29, 1.82) is 5.26 Å². The van der Waals surface area contributed by atoms with E-state index in [9.17, 15) is 28.3 Å². The average molecular weight is 364 g/mol.